The summed E-state index contributed by atoms with van der Waals surface area (Å²) in [5.41, 5.74) is 5.45. The number of primary amides is 1. The Morgan fingerprint density at radius 1 is 1.44 bits per heavy atom. The number of carbonyl (C=O) groups excluding carboxylic acids is 1. The lowest BCUT2D eigenvalue weighted by Gasteiger charge is -2.25. The minimum absolute atomic E-state index is 0.150. The van der Waals surface area contributed by atoms with Crippen molar-refractivity contribution in [3.8, 4) is 0 Å². The first-order valence-electron chi connectivity index (χ1n) is 7.34. The Bertz CT molecular complexity index is 253. The van der Waals surface area contributed by atoms with Crippen LogP contribution < -0.4 is 11.1 Å². The van der Waals surface area contributed by atoms with E-state index in [4.69, 9.17) is 5.73 Å². The van der Waals surface area contributed by atoms with Crippen molar-refractivity contribution in [1.82, 2.24) is 10.2 Å². The number of nitrogens with two attached hydrogens (primary N) is 1. The van der Waals surface area contributed by atoms with Crippen molar-refractivity contribution < 1.29 is 4.79 Å². The van der Waals surface area contributed by atoms with Crippen LogP contribution in [0.1, 0.15) is 46.5 Å². The van der Waals surface area contributed by atoms with Gasteiger partial charge in [-0.2, -0.15) is 0 Å². The molecule has 4 nitrogen and oxygen atoms in total. The quantitative estimate of drug-likeness (QED) is 0.619. The second-order valence-electron chi connectivity index (χ2n) is 5.59. The molecule has 1 aliphatic carbocycles. The number of nitrogens with zero attached hydrogens (tertiary/aromatic N) is 1. The van der Waals surface area contributed by atoms with E-state index in [9.17, 15) is 4.79 Å². The standard InChI is InChI=1S/C14H29N3O/c1-4-11(3)10-17(5-2)9-8-13(14(15)18)16-12-6-7-12/h11-13,16H,4-10H2,1-3H3,(H2,15,18). The molecule has 2 atom stereocenters. The van der Waals surface area contributed by atoms with Crippen LogP contribution in [0.3, 0.4) is 0 Å². The Morgan fingerprint density at radius 2 is 2.11 bits per heavy atom. The van der Waals surface area contributed by atoms with Crippen LogP contribution in [0.4, 0.5) is 0 Å². The summed E-state index contributed by atoms with van der Waals surface area (Å²) in [4.78, 5) is 13.8. The van der Waals surface area contributed by atoms with Gasteiger partial charge in [0, 0.05) is 19.1 Å². The minimum atomic E-state index is -0.207. The maximum absolute atomic E-state index is 11.4. The van der Waals surface area contributed by atoms with Gasteiger partial charge in [-0.3, -0.25) is 4.79 Å². The zero-order valence-corrected chi connectivity index (χ0v) is 12.1. The third-order valence-corrected chi connectivity index (χ3v) is 3.81. The van der Waals surface area contributed by atoms with Crippen LogP contribution in [-0.4, -0.2) is 42.5 Å². The van der Waals surface area contributed by atoms with Crippen LogP contribution in [0.2, 0.25) is 0 Å². The zero-order valence-electron chi connectivity index (χ0n) is 12.1. The average molecular weight is 255 g/mol. The number of rotatable bonds is 10. The third kappa shape index (κ3) is 5.83. The van der Waals surface area contributed by atoms with E-state index in [2.05, 4.69) is 31.0 Å². The van der Waals surface area contributed by atoms with Gasteiger partial charge in [0.1, 0.15) is 0 Å². The molecule has 3 N–H and O–H groups in total. The van der Waals surface area contributed by atoms with E-state index >= 15 is 0 Å². The van der Waals surface area contributed by atoms with Gasteiger partial charge < -0.3 is 16.0 Å². The third-order valence-electron chi connectivity index (χ3n) is 3.81. The molecule has 0 heterocycles. The average Bonchev–Trinajstić information content (AvgIpc) is 3.15. The number of amides is 1. The molecule has 18 heavy (non-hydrogen) atoms. The Kier molecular flexibility index (Phi) is 6.65. The number of hydrogen-bond donors (Lipinski definition) is 2. The Balaban J connectivity index is 2.31. The zero-order chi connectivity index (χ0) is 13.5. The van der Waals surface area contributed by atoms with Crippen molar-refractivity contribution in [3.63, 3.8) is 0 Å². The molecule has 0 aromatic heterocycles. The minimum Gasteiger partial charge on any atom is -0.368 e. The van der Waals surface area contributed by atoms with Gasteiger partial charge in [-0.15, -0.1) is 0 Å². The van der Waals surface area contributed by atoms with Crippen molar-refractivity contribution in [1.29, 1.82) is 0 Å². The van der Waals surface area contributed by atoms with Gasteiger partial charge >= 0.3 is 0 Å². The first kappa shape index (κ1) is 15.4. The molecular weight excluding hydrogens is 226 g/mol. The van der Waals surface area contributed by atoms with Crippen LogP contribution >= 0.6 is 0 Å². The lowest BCUT2D eigenvalue weighted by molar-refractivity contribution is -0.120. The van der Waals surface area contributed by atoms with Crippen LogP contribution in [-0.2, 0) is 4.79 Å². The van der Waals surface area contributed by atoms with Crippen molar-refractivity contribution >= 4 is 5.91 Å². The molecule has 0 aromatic rings. The monoisotopic (exact) mass is 255 g/mol. The van der Waals surface area contributed by atoms with Gasteiger partial charge in [0.2, 0.25) is 5.91 Å². The Labute approximate surface area is 111 Å². The largest absolute Gasteiger partial charge is 0.368 e. The Morgan fingerprint density at radius 3 is 2.56 bits per heavy atom. The molecule has 1 rings (SSSR count). The lowest BCUT2D eigenvalue weighted by Crippen LogP contribution is -2.45. The van der Waals surface area contributed by atoms with Crippen LogP contribution in [0.15, 0.2) is 0 Å². The smallest absolute Gasteiger partial charge is 0.234 e. The van der Waals surface area contributed by atoms with Gasteiger partial charge in [0.25, 0.3) is 0 Å². The molecule has 0 radical (unpaired) electrons. The summed E-state index contributed by atoms with van der Waals surface area (Å²) in [6, 6.07) is 0.385. The highest BCUT2D eigenvalue weighted by Gasteiger charge is 2.27. The van der Waals surface area contributed by atoms with Gasteiger partial charge in [-0.1, -0.05) is 27.2 Å². The van der Waals surface area contributed by atoms with Gasteiger partial charge in [0.05, 0.1) is 6.04 Å². The molecule has 0 saturated heterocycles. The maximum Gasteiger partial charge on any atom is 0.234 e. The van der Waals surface area contributed by atoms with Crippen molar-refractivity contribution in [3.05, 3.63) is 0 Å². The van der Waals surface area contributed by atoms with E-state index in [-0.39, 0.29) is 11.9 Å². The van der Waals surface area contributed by atoms with Crippen molar-refractivity contribution in [2.75, 3.05) is 19.6 Å². The molecule has 0 bridgehead atoms. The predicted molar refractivity (Wildman–Crippen MR) is 75.3 cm³/mol. The predicted octanol–water partition coefficient (Wildman–Crippen LogP) is 1.35. The molecular formula is C14H29N3O. The fourth-order valence-electron chi connectivity index (χ4n) is 2.10. The SMILES string of the molecule is CCC(C)CN(CC)CCC(NC1CC1)C(N)=O. The normalized spacial score (nSPS) is 18.9. The fourth-order valence-corrected chi connectivity index (χ4v) is 2.10. The summed E-state index contributed by atoms with van der Waals surface area (Å²) in [5, 5.41) is 3.34. The molecule has 4 heteroatoms. The summed E-state index contributed by atoms with van der Waals surface area (Å²) in [6.07, 6.45) is 4.41. The van der Waals surface area contributed by atoms with Gasteiger partial charge in [0.15, 0.2) is 0 Å². The highest BCUT2D eigenvalue weighted by molar-refractivity contribution is 5.79. The number of hydrogen-bond acceptors (Lipinski definition) is 3. The summed E-state index contributed by atoms with van der Waals surface area (Å²) < 4.78 is 0. The molecule has 2 unspecified atom stereocenters. The van der Waals surface area contributed by atoms with Crippen LogP contribution in [0, 0.1) is 5.92 Å². The van der Waals surface area contributed by atoms with Gasteiger partial charge in [-0.05, 0) is 31.7 Å². The highest BCUT2D eigenvalue weighted by atomic mass is 16.1. The number of nitrogens with one attached hydrogen (secondary N) is 1. The second kappa shape index (κ2) is 7.74. The van der Waals surface area contributed by atoms with E-state index in [1.165, 1.54) is 19.3 Å². The van der Waals surface area contributed by atoms with E-state index in [1.54, 1.807) is 0 Å². The van der Waals surface area contributed by atoms with Crippen LogP contribution in [0.5, 0.6) is 0 Å². The molecule has 0 aromatic carbocycles. The second-order valence-corrected chi connectivity index (χ2v) is 5.59. The maximum atomic E-state index is 11.4. The molecule has 1 amide bonds. The molecule has 0 aliphatic heterocycles. The molecule has 1 saturated carbocycles. The van der Waals surface area contributed by atoms with E-state index < -0.39 is 0 Å². The molecule has 0 spiro atoms. The molecule has 106 valence electrons. The van der Waals surface area contributed by atoms with Gasteiger partial charge in [-0.25, -0.2) is 0 Å². The molecule has 1 aliphatic rings. The number of carbonyl (C=O) groups is 1. The summed E-state index contributed by atoms with van der Waals surface area (Å²) in [6.45, 7) is 9.78. The highest BCUT2D eigenvalue weighted by Crippen LogP contribution is 2.20. The lowest BCUT2D eigenvalue weighted by atomic mass is 10.1. The first-order valence-corrected chi connectivity index (χ1v) is 7.34. The van der Waals surface area contributed by atoms with E-state index in [1.807, 2.05) is 0 Å². The van der Waals surface area contributed by atoms with E-state index in [0.29, 0.717) is 12.0 Å². The van der Waals surface area contributed by atoms with Crippen LogP contribution in [0.25, 0.3) is 0 Å². The summed E-state index contributed by atoms with van der Waals surface area (Å²) >= 11 is 0. The van der Waals surface area contributed by atoms with Crippen molar-refractivity contribution in [2.45, 2.75) is 58.5 Å². The summed E-state index contributed by atoms with van der Waals surface area (Å²) in [5.74, 6) is 0.509. The Hall–Kier alpha value is -0.610. The van der Waals surface area contributed by atoms with E-state index in [0.717, 1.165) is 26.1 Å². The van der Waals surface area contributed by atoms with Crippen molar-refractivity contribution in [2.24, 2.45) is 11.7 Å². The topological polar surface area (TPSA) is 58.4 Å². The summed E-state index contributed by atoms with van der Waals surface area (Å²) in [7, 11) is 0. The first-order chi connectivity index (χ1) is 8.56. The molecule has 1 fully saturated rings. The fraction of sp³-hybridized carbons (Fsp3) is 0.929.